The number of hydrogen-bond acceptors (Lipinski definition) is 5. The van der Waals surface area contributed by atoms with Crippen molar-refractivity contribution in [3.05, 3.63) is 53.3 Å². The van der Waals surface area contributed by atoms with Gasteiger partial charge in [0.05, 0.1) is 17.7 Å². The molecule has 26 heavy (non-hydrogen) atoms. The van der Waals surface area contributed by atoms with Crippen LogP contribution in [0.2, 0.25) is 0 Å². The standard InChI is InChI=1S/C18H22N6OS/c25-17(4-10-24-7-1-5-21-24)22-8-2-15(3-9-22)18-19-6-11-23(18)12-16-13-26-14-20-16/h1,5-7,11,13-15H,2-4,8-10,12H2. The first-order valence-corrected chi connectivity index (χ1v) is 9.87. The molecule has 1 amide bonds. The van der Waals surface area contributed by atoms with Crippen LogP contribution in [-0.4, -0.2) is 48.2 Å². The molecule has 0 atom stereocenters. The van der Waals surface area contributed by atoms with E-state index in [0.29, 0.717) is 18.9 Å². The lowest BCUT2D eigenvalue weighted by Crippen LogP contribution is -2.38. The fourth-order valence-corrected chi connectivity index (χ4v) is 4.04. The second-order valence-electron chi connectivity index (χ2n) is 6.57. The molecule has 0 unspecified atom stereocenters. The lowest BCUT2D eigenvalue weighted by molar-refractivity contribution is -0.132. The third kappa shape index (κ3) is 3.85. The molecule has 0 spiro atoms. The number of thiazole rings is 1. The lowest BCUT2D eigenvalue weighted by atomic mass is 9.95. The van der Waals surface area contributed by atoms with Crippen LogP contribution in [0, 0.1) is 0 Å². The van der Waals surface area contributed by atoms with E-state index in [1.54, 1.807) is 22.2 Å². The van der Waals surface area contributed by atoms with Crippen LogP contribution in [0.3, 0.4) is 0 Å². The lowest BCUT2D eigenvalue weighted by Gasteiger charge is -2.32. The topological polar surface area (TPSA) is 68.8 Å². The number of nitrogens with zero attached hydrogens (tertiary/aromatic N) is 6. The van der Waals surface area contributed by atoms with Gasteiger partial charge in [0.25, 0.3) is 0 Å². The predicted molar refractivity (Wildman–Crippen MR) is 98.8 cm³/mol. The van der Waals surface area contributed by atoms with Crippen molar-refractivity contribution in [1.82, 2.24) is 29.2 Å². The molecule has 0 aromatic carbocycles. The number of carbonyl (C=O) groups is 1. The molecular formula is C18H22N6OS. The molecule has 3 aromatic rings. The zero-order chi connectivity index (χ0) is 17.8. The van der Waals surface area contributed by atoms with E-state index in [1.165, 1.54) is 0 Å². The molecule has 0 N–H and O–H groups in total. The summed E-state index contributed by atoms with van der Waals surface area (Å²) in [5, 5.41) is 6.22. The van der Waals surface area contributed by atoms with E-state index in [4.69, 9.17) is 0 Å². The highest BCUT2D eigenvalue weighted by atomic mass is 32.1. The first-order chi connectivity index (χ1) is 12.8. The van der Waals surface area contributed by atoms with E-state index in [-0.39, 0.29) is 5.91 Å². The molecule has 0 aliphatic carbocycles. The number of aryl methyl sites for hydroxylation is 1. The van der Waals surface area contributed by atoms with Gasteiger partial charge in [0, 0.05) is 62.1 Å². The summed E-state index contributed by atoms with van der Waals surface area (Å²) in [5.41, 5.74) is 2.93. The molecule has 8 heteroatoms. The minimum Gasteiger partial charge on any atom is -0.343 e. The van der Waals surface area contributed by atoms with Gasteiger partial charge in [-0.2, -0.15) is 5.10 Å². The van der Waals surface area contributed by atoms with Crippen molar-refractivity contribution in [3.63, 3.8) is 0 Å². The molecule has 0 radical (unpaired) electrons. The summed E-state index contributed by atoms with van der Waals surface area (Å²) in [4.78, 5) is 23.3. The van der Waals surface area contributed by atoms with E-state index in [2.05, 4.69) is 25.0 Å². The molecule has 3 aromatic heterocycles. The first kappa shape index (κ1) is 17.0. The Morgan fingerprint density at radius 3 is 2.81 bits per heavy atom. The molecule has 4 heterocycles. The third-order valence-corrected chi connectivity index (χ3v) is 5.53. The van der Waals surface area contributed by atoms with Crippen LogP contribution in [0.25, 0.3) is 0 Å². The third-order valence-electron chi connectivity index (χ3n) is 4.89. The van der Waals surface area contributed by atoms with Crippen molar-refractivity contribution in [2.45, 2.75) is 38.3 Å². The predicted octanol–water partition coefficient (Wildman–Crippen LogP) is 2.38. The number of imidazole rings is 1. The quantitative estimate of drug-likeness (QED) is 0.668. The van der Waals surface area contributed by atoms with Gasteiger partial charge in [0.15, 0.2) is 0 Å². The molecule has 1 saturated heterocycles. The van der Waals surface area contributed by atoms with E-state index in [0.717, 1.165) is 44.0 Å². The molecule has 0 saturated carbocycles. The molecule has 1 aliphatic heterocycles. The zero-order valence-electron chi connectivity index (χ0n) is 14.6. The smallest absolute Gasteiger partial charge is 0.224 e. The molecule has 1 aliphatic rings. The average Bonchev–Trinajstić information content (AvgIpc) is 3.43. The van der Waals surface area contributed by atoms with Crippen LogP contribution < -0.4 is 0 Å². The van der Waals surface area contributed by atoms with Crippen LogP contribution in [0.15, 0.2) is 41.7 Å². The number of piperidine rings is 1. The Kier molecular flexibility index (Phi) is 5.10. The van der Waals surface area contributed by atoms with Crippen LogP contribution >= 0.6 is 11.3 Å². The SMILES string of the molecule is O=C(CCn1cccn1)N1CCC(c2nccn2Cc2cscn2)CC1. The molecule has 1 fully saturated rings. The van der Waals surface area contributed by atoms with Crippen molar-refractivity contribution in [2.75, 3.05) is 13.1 Å². The van der Waals surface area contributed by atoms with Gasteiger partial charge in [0.1, 0.15) is 5.82 Å². The Labute approximate surface area is 156 Å². The summed E-state index contributed by atoms with van der Waals surface area (Å²) in [6, 6.07) is 1.88. The van der Waals surface area contributed by atoms with Crippen LogP contribution in [-0.2, 0) is 17.9 Å². The number of amides is 1. The van der Waals surface area contributed by atoms with Gasteiger partial charge in [-0.05, 0) is 18.9 Å². The summed E-state index contributed by atoms with van der Waals surface area (Å²) < 4.78 is 3.99. The van der Waals surface area contributed by atoms with Crippen LogP contribution in [0.5, 0.6) is 0 Å². The molecule has 7 nitrogen and oxygen atoms in total. The number of carbonyl (C=O) groups excluding carboxylic acids is 1. The first-order valence-electron chi connectivity index (χ1n) is 8.93. The maximum atomic E-state index is 12.4. The zero-order valence-corrected chi connectivity index (χ0v) is 15.4. The second-order valence-corrected chi connectivity index (χ2v) is 7.29. The van der Waals surface area contributed by atoms with Gasteiger partial charge >= 0.3 is 0 Å². The fraction of sp³-hybridized carbons (Fsp3) is 0.444. The molecule has 0 bridgehead atoms. The van der Waals surface area contributed by atoms with Crippen LogP contribution in [0.1, 0.15) is 36.7 Å². The van der Waals surface area contributed by atoms with Crippen molar-refractivity contribution >= 4 is 17.2 Å². The highest BCUT2D eigenvalue weighted by Crippen LogP contribution is 2.27. The number of likely N-dealkylation sites (tertiary alicyclic amines) is 1. The van der Waals surface area contributed by atoms with Gasteiger partial charge in [-0.1, -0.05) is 0 Å². The van der Waals surface area contributed by atoms with Gasteiger partial charge < -0.3 is 9.47 Å². The minimum atomic E-state index is 0.213. The van der Waals surface area contributed by atoms with Gasteiger partial charge in [-0.15, -0.1) is 11.3 Å². The number of rotatable bonds is 6. The molecule has 136 valence electrons. The highest BCUT2D eigenvalue weighted by Gasteiger charge is 2.26. The second kappa shape index (κ2) is 7.82. The summed E-state index contributed by atoms with van der Waals surface area (Å²) in [6.45, 7) is 3.00. The van der Waals surface area contributed by atoms with Gasteiger partial charge in [-0.3, -0.25) is 9.48 Å². The number of aromatic nitrogens is 5. The Bertz CT molecular complexity index is 818. The largest absolute Gasteiger partial charge is 0.343 e. The Balaban J connectivity index is 1.31. The monoisotopic (exact) mass is 370 g/mol. The van der Waals surface area contributed by atoms with Gasteiger partial charge in [-0.25, -0.2) is 9.97 Å². The van der Waals surface area contributed by atoms with Crippen molar-refractivity contribution in [3.8, 4) is 0 Å². The minimum absolute atomic E-state index is 0.213. The van der Waals surface area contributed by atoms with E-state index >= 15 is 0 Å². The number of hydrogen-bond donors (Lipinski definition) is 0. The Morgan fingerprint density at radius 2 is 2.08 bits per heavy atom. The van der Waals surface area contributed by atoms with E-state index in [1.807, 2.05) is 35.1 Å². The van der Waals surface area contributed by atoms with Crippen LogP contribution in [0.4, 0.5) is 0 Å². The summed E-state index contributed by atoms with van der Waals surface area (Å²) in [5.74, 6) is 1.73. The van der Waals surface area contributed by atoms with Crippen molar-refractivity contribution in [2.24, 2.45) is 0 Å². The summed E-state index contributed by atoms with van der Waals surface area (Å²) >= 11 is 1.61. The van der Waals surface area contributed by atoms with E-state index < -0.39 is 0 Å². The Morgan fingerprint density at radius 1 is 1.19 bits per heavy atom. The maximum absolute atomic E-state index is 12.4. The van der Waals surface area contributed by atoms with Gasteiger partial charge in [0.2, 0.25) is 5.91 Å². The molecular weight excluding hydrogens is 348 g/mol. The summed E-state index contributed by atoms with van der Waals surface area (Å²) in [6.07, 6.45) is 9.94. The molecule has 4 rings (SSSR count). The fourth-order valence-electron chi connectivity index (χ4n) is 3.49. The Hall–Kier alpha value is -2.48. The highest BCUT2D eigenvalue weighted by molar-refractivity contribution is 7.07. The maximum Gasteiger partial charge on any atom is 0.224 e. The normalized spacial score (nSPS) is 15.5. The average molecular weight is 370 g/mol. The summed E-state index contributed by atoms with van der Waals surface area (Å²) in [7, 11) is 0. The van der Waals surface area contributed by atoms with E-state index in [9.17, 15) is 4.79 Å². The van der Waals surface area contributed by atoms with Crippen molar-refractivity contribution < 1.29 is 4.79 Å². The van der Waals surface area contributed by atoms with Crippen molar-refractivity contribution in [1.29, 1.82) is 0 Å².